The van der Waals surface area contributed by atoms with Gasteiger partial charge in [0.1, 0.15) is 0 Å². The Balaban J connectivity index is 0.00000264. The van der Waals surface area contributed by atoms with Gasteiger partial charge >= 0.3 is 0 Å². The van der Waals surface area contributed by atoms with Crippen LogP contribution in [0.3, 0.4) is 0 Å². The van der Waals surface area contributed by atoms with Crippen LogP contribution in [0.15, 0.2) is 4.99 Å². The second kappa shape index (κ2) is 10.6. The highest BCUT2D eigenvalue weighted by atomic mass is 127. The van der Waals surface area contributed by atoms with Crippen LogP contribution in [0.2, 0.25) is 0 Å². The second-order valence-corrected chi connectivity index (χ2v) is 9.12. The average molecular weight is 473 g/mol. The maximum Gasteiger partial charge on any atom is 0.193 e. The summed E-state index contributed by atoms with van der Waals surface area (Å²) in [6, 6.07) is 0. The van der Waals surface area contributed by atoms with Gasteiger partial charge in [0.25, 0.3) is 0 Å². The summed E-state index contributed by atoms with van der Waals surface area (Å²) in [6.07, 6.45) is 4.48. The molecule has 0 saturated carbocycles. The number of aliphatic imine (C=N–C) groups is 1. The predicted octanol–water partition coefficient (Wildman–Crippen LogP) is 3.17. The van der Waals surface area contributed by atoms with Crippen LogP contribution in [-0.2, 0) is 4.74 Å². The monoisotopic (exact) mass is 473 g/mol. The first-order chi connectivity index (χ1) is 10.6. The van der Waals surface area contributed by atoms with Crippen molar-refractivity contribution in [1.82, 2.24) is 10.2 Å². The Hall–Kier alpha value is 0.660. The maximum absolute atomic E-state index is 5.53. The lowest BCUT2D eigenvalue weighted by Crippen LogP contribution is -2.52. The molecule has 1 atom stereocenters. The standard InChI is InChI=1S/C16H31N3OS2.HI/c1-13(2)14-11-19(7-10-22-14)15(17-3)18-12-16(21-4)5-8-20-9-6-16;/h13-14H,5-12H2,1-4H3,(H,17,18);1H. The number of guanidine groups is 1. The molecule has 23 heavy (non-hydrogen) atoms. The van der Waals surface area contributed by atoms with Gasteiger partial charge in [0, 0.05) is 55.6 Å². The van der Waals surface area contributed by atoms with Crippen molar-refractivity contribution in [3.63, 3.8) is 0 Å². The van der Waals surface area contributed by atoms with E-state index in [1.165, 1.54) is 5.75 Å². The minimum Gasteiger partial charge on any atom is -0.381 e. The van der Waals surface area contributed by atoms with Crippen molar-refractivity contribution in [2.24, 2.45) is 10.9 Å². The van der Waals surface area contributed by atoms with Gasteiger partial charge in [-0.05, 0) is 25.0 Å². The second-order valence-electron chi connectivity index (χ2n) is 6.50. The molecule has 2 aliphatic heterocycles. The molecule has 4 nitrogen and oxygen atoms in total. The van der Waals surface area contributed by atoms with Gasteiger partial charge in [-0.2, -0.15) is 23.5 Å². The summed E-state index contributed by atoms with van der Waals surface area (Å²) >= 11 is 4.09. The van der Waals surface area contributed by atoms with E-state index >= 15 is 0 Å². The van der Waals surface area contributed by atoms with Crippen LogP contribution in [-0.4, -0.2) is 72.8 Å². The van der Waals surface area contributed by atoms with Crippen molar-refractivity contribution < 1.29 is 4.74 Å². The largest absolute Gasteiger partial charge is 0.381 e. The van der Waals surface area contributed by atoms with Crippen molar-refractivity contribution in [3.05, 3.63) is 0 Å². The molecule has 136 valence electrons. The Morgan fingerprint density at radius 2 is 2.13 bits per heavy atom. The molecule has 2 aliphatic rings. The van der Waals surface area contributed by atoms with Gasteiger partial charge in [-0.25, -0.2) is 0 Å². The molecule has 2 rings (SSSR count). The normalized spacial score (nSPS) is 25.2. The molecule has 0 aromatic carbocycles. The van der Waals surface area contributed by atoms with Crippen LogP contribution in [0, 0.1) is 5.92 Å². The fourth-order valence-corrected chi connectivity index (χ4v) is 5.13. The van der Waals surface area contributed by atoms with E-state index in [0.717, 1.165) is 57.6 Å². The van der Waals surface area contributed by atoms with Crippen molar-refractivity contribution in [3.8, 4) is 0 Å². The Labute approximate surface area is 167 Å². The van der Waals surface area contributed by atoms with E-state index in [0.29, 0.717) is 10.00 Å². The molecule has 0 radical (unpaired) electrons. The summed E-state index contributed by atoms with van der Waals surface area (Å²) in [6.45, 7) is 9.61. The van der Waals surface area contributed by atoms with Crippen molar-refractivity contribution in [1.29, 1.82) is 0 Å². The Bertz CT molecular complexity index is 376. The maximum atomic E-state index is 5.53. The number of nitrogens with zero attached hydrogens (tertiary/aromatic N) is 2. The van der Waals surface area contributed by atoms with Gasteiger partial charge in [-0.15, -0.1) is 24.0 Å². The van der Waals surface area contributed by atoms with Gasteiger partial charge in [-0.1, -0.05) is 13.8 Å². The molecular weight excluding hydrogens is 441 g/mol. The third-order valence-corrected chi connectivity index (χ3v) is 7.71. The summed E-state index contributed by atoms with van der Waals surface area (Å²) in [7, 11) is 1.91. The van der Waals surface area contributed by atoms with Gasteiger partial charge < -0.3 is 15.0 Å². The fraction of sp³-hybridized carbons (Fsp3) is 0.938. The molecule has 7 heteroatoms. The molecule has 0 aromatic heterocycles. The van der Waals surface area contributed by atoms with E-state index in [1.807, 2.05) is 18.8 Å². The molecule has 0 aromatic rings. The van der Waals surface area contributed by atoms with Gasteiger partial charge in [-0.3, -0.25) is 4.99 Å². The van der Waals surface area contributed by atoms with Crippen LogP contribution in [0.1, 0.15) is 26.7 Å². The molecule has 0 amide bonds. The van der Waals surface area contributed by atoms with Gasteiger partial charge in [0.05, 0.1) is 0 Å². The highest BCUT2D eigenvalue weighted by Gasteiger charge is 2.33. The van der Waals surface area contributed by atoms with Crippen LogP contribution < -0.4 is 5.32 Å². The first-order valence-electron chi connectivity index (χ1n) is 8.30. The molecule has 2 heterocycles. The number of hydrogen-bond acceptors (Lipinski definition) is 4. The third kappa shape index (κ3) is 6.15. The minimum atomic E-state index is 0. The average Bonchev–Trinajstić information content (AvgIpc) is 2.56. The number of hydrogen-bond donors (Lipinski definition) is 1. The van der Waals surface area contributed by atoms with E-state index in [-0.39, 0.29) is 24.0 Å². The molecule has 1 unspecified atom stereocenters. The zero-order valence-electron chi connectivity index (χ0n) is 14.8. The molecule has 0 aliphatic carbocycles. The van der Waals surface area contributed by atoms with Crippen LogP contribution >= 0.6 is 47.5 Å². The Morgan fingerprint density at radius 3 is 2.70 bits per heavy atom. The predicted molar refractivity (Wildman–Crippen MR) is 116 cm³/mol. The van der Waals surface area contributed by atoms with E-state index < -0.39 is 0 Å². The lowest BCUT2D eigenvalue weighted by molar-refractivity contribution is 0.0781. The minimum absolute atomic E-state index is 0. The molecule has 0 bridgehead atoms. The number of ether oxygens (including phenoxy) is 1. The third-order valence-electron chi connectivity index (χ3n) is 4.75. The topological polar surface area (TPSA) is 36.9 Å². The van der Waals surface area contributed by atoms with Crippen LogP contribution in [0.5, 0.6) is 0 Å². The number of rotatable bonds is 4. The molecule has 0 spiro atoms. The zero-order valence-corrected chi connectivity index (χ0v) is 18.8. The highest BCUT2D eigenvalue weighted by Crippen LogP contribution is 2.33. The molecule has 2 fully saturated rings. The smallest absolute Gasteiger partial charge is 0.193 e. The number of nitrogens with one attached hydrogen (secondary N) is 1. The summed E-state index contributed by atoms with van der Waals surface area (Å²) in [5, 5.41) is 4.36. The van der Waals surface area contributed by atoms with Crippen molar-refractivity contribution in [2.75, 3.05) is 51.9 Å². The van der Waals surface area contributed by atoms with E-state index in [4.69, 9.17) is 4.74 Å². The molecular formula is C16H32IN3OS2. The van der Waals surface area contributed by atoms with Gasteiger partial charge in [0.15, 0.2) is 5.96 Å². The highest BCUT2D eigenvalue weighted by molar-refractivity contribution is 14.0. The molecule has 1 N–H and O–H groups in total. The quantitative estimate of drug-likeness (QED) is 0.386. The fourth-order valence-electron chi connectivity index (χ4n) is 3.04. The first-order valence-corrected chi connectivity index (χ1v) is 10.6. The number of halogens is 1. The SMILES string of the molecule is CN=C(NCC1(SC)CCOCC1)N1CCSC(C(C)C)C1.I. The Kier molecular flexibility index (Phi) is 10.0. The van der Waals surface area contributed by atoms with Crippen molar-refractivity contribution >= 4 is 53.5 Å². The summed E-state index contributed by atoms with van der Waals surface area (Å²) in [5.74, 6) is 3.00. The lowest BCUT2D eigenvalue weighted by atomic mass is 9.99. The summed E-state index contributed by atoms with van der Waals surface area (Å²) in [4.78, 5) is 6.98. The zero-order chi connectivity index (χ0) is 16.0. The van der Waals surface area contributed by atoms with E-state index in [9.17, 15) is 0 Å². The van der Waals surface area contributed by atoms with E-state index in [2.05, 4.69) is 47.1 Å². The Morgan fingerprint density at radius 1 is 1.43 bits per heavy atom. The molecule has 2 saturated heterocycles. The number of thioether (sulfide) groups is 2. The van der Waals surface area contributed by atoms with Crippen molar-refractivity contribution in [2.45, 2.75) is 36.7 Å². The van der Waals surface area contributed by atoms with Gasteiger partial charge in [0.2, 0.25) is 0 Å². The van der Waals surface area contributed by atoms with Crippen LogP contribution in [0.25, 0.3) is 0 Å². The summed E-state index contributed by atoms with van der Waals surface area (Å²) in [5.41, 5.74) is 0. The lowest BCUT2D eigenvalue weighted by Gasteiger charge is -2.39. The van der Waals surface area contributed by atoms with E-state index in [1.54, 1.807) is 0 Å². The summed E-state index contributed by atoms with van der Waals surface area (Å²) < 4.78 is 5.83. The first kappa shape index (κ1) is 21.7. The van der Waals surface area contributed by atoms with Crippen LogP contribution in [0.4, 0.5) is 0 Å².